The highest BCUT2D eigenvalue weighted by Gasteiger charge is 2.33. The fourth-order valence-corrected chi connectivity index (χ4v) is 1.07. The Bertz CT molecular complexity index is 106. The molecule has 0 saturated carbocycles. The Hall–Kier alpha value is -0.160. The third-order valence-corrected chi connectivity index (χ3v) is 1.91. The molecule has 1 fully saturated rings. The number of piperidine rings is 1. The third kappa shape index (κ3) is 1.29. The average molecular weight is 147 g/mol. The molecule has 1 saturated heterocycles. The summed E-state index contributed by atoms with van der Waals surface area (Å²) >= 11 is 0. The topological polar surface area (TPSA) is 72.7 Å². The number of hydrogen-bond donors (Lipinski definition) is 4. The molecule has 1 heterocycles. The van der Waals surface area contributed by atoms with Gasteiger partial charge in [0.25, 0.3) is 0 Å². The Morgan fingerprint density at radius 2 is 1.80 bits per heavy atom. The number of aliphatic hydroxyl groups is 3. The quantitative estimate of drug-likeness (QED) is 0.328. The molecule has 0 spiro atoms. The second-order valence-electron chi connectivity index (χ2n) is 2.81. The van der Waals surface area contributed by atoms with Crippen molar-refractivity contribution in [2.24, 2.45) is 5.92 Å². The first-order valence-corrected chi connectivity index (χ1v) is 3.40. The van der Waals surface area contributed by atoms with E-state index in [1.807, 2.05) is 6.92 Å². The summed E-state index contributed by atoms with van der Waals surface area (Å²) in [6.07, 6.45) is -2.84. The molecule has 0 aromatic heterocycles. The van der Waals surface area contributed by atoms with E-state index < -0.39 is 18.4 Å². The van der Waals surface area contributed by atoms with Gasteiger partial charge in [0.15, 0.2) is 0 Å². The van der Waals surface area contributed by atoms with E-state index in [1.54, 1.807) is 0 Å². The minimum Gasteiger partial charge on any atom is -0.390 e. The van der Waals surface area contributed by atoms with Crippen LogP contribution in [0, 0.1) is 5.92 Å². The van der Waals surface area contributed by atoms with Gasteiger partial charge in [-0.3, -0.25) is 5.32 Å². The largest absolute Gasteiger partial charge is 0.390 e. The van der Waals surface area contributed by atoms with Gasteiger partial charge in [0.2, 0.25) is 0 Å². The van der Waals surface area contributed by atoms with Crippen LogP contribution in [0.5, 0.6) is 0 Å². The zero-order valence-electron chi connectivity index (χ0n) is 5.86. The fourth-order valence-electron chi connectivity index (χ4n) is 1.07. The monoisotopic (exact) mass is 147 g/mol. The van der Waals surface area contributed by atoms with Crippen molar-refractivity contribution < 1.29 is 15.3 Å². The number of hydrogen-bond acceptors (Lipinski definition) is 4. The van der Waals surface area contributed by atoms with E-state index in [0.29, 0.717) is 6.54 Å². The molecule has 0 aromatic carbocycles. The normalized spacial score (nSPS) is 49.2. The van der Waals surface area contributed by atoms with Gasteiger partial charge in [-0.15, -0.1) is 0 Å². The molecule has 0 bridgehead atoms. The summed E-state index contributed by atoms with van der Waals surface area (Å²) < 4.78 is 0. The molecule has 0 aliphatic carbocycles. The van der Waals surface area contributed by atoms with Gasteiger partial charge in [-0.05, 0) is 5.92 Å². The van der Waals surface area contributed by atoms with E-state index in [9.17, 15) is 0 Å². The lowest BCUT2D eigenvalue weighted by molar-refractivity contribution is -0.113. The van der Waals surface area contributed by atoms with Gasteiger partial charge in [0.1, 0.15) is 12.3 Å². The number of aliphatic hydroxyl groups excluding tert-OH is 3. The van der Waals surface area contributed by atoms with Crippen molar-refractivity contribution in [2.45, 2.75) is 25.4 Å². The minimum atomic E-state index is -1.05. The van der Waals surface area contributed by atoms with Crippen molar-refractivity contribution in [3.8, 4) is 0 Å². The van der Waals surface area contributed by atoms with Crippen LogP contribution in [-0.4, -0.2) is 40.3 Å². The van der Waals surface area contributed by atoms with Crippen molar-refractivity contribution >= 4 is 0 Å². The van der Waals surface area contributed by atoms with Gasteiger partial charge < -0.3 is 15.3 Å². The molecule has 0 amide bonds. The Balaban J connectivity index is 2.52. The van der Waals surface area contributed by atoms with E-state index in [1.165, 1.54) is 0 Å². The maximum Gasteiger partial charge on any atom is 0.133 e. The molecule has 60 valence electrons. The maximum absolute atomic E-state index is 9.17. The first-order chi connectivity index (χ1) is 4.63. The Labute approximate surface area is 59.5 Å². The maximum atomic E-state index is 9.17. The first-order valence-electron chi connectivity index (χ1n) is 3.40. The summed E-state index contributed by atoms with van der Waals surface area (Å²) in [5.74, 6) is -0.00148. The first kappa shape index (κ1) is 7.94. The molecule has 0 radical (unpaired) electrons. The van der Waals surface area contributed by atoms with Crippen LogP contribution in [0.15, 0.2) is 0 Å². The van der Waals surface area contributed by atoms with Gasteiger partial charge in [0.05, 0.1) is 6.10 Å². The summed E-state index contributed by atoms with van der Waals surface area (Å²) in [6.45, 7) is 2.35. The summed E-state index contributed by atoms with van der Waals surface area (Å²) in [6, 6.07) is 0. The lowest BCUT2D eigenvalue weighted by Gasteiger charge is -2.33. The Morgan fingerprint density at radius 1 is 1.20 bits per heavy atom. The number of nitrogens with one attached hydrogen (secondary N) is 1. The molecule has 4 N–H and O–H groups in total. The van der Waals surface area contributed by atoms with E-state index >= 15 is 0 Å². The number of rotatable bonds is 0. The van der Waals surface area contributed by atoms with Gasteiger partial charge in [0, 0.05) is 6.54 Å². The van der Waals surface area contributed by atoms with E-state index in [2.05, 4.69) is 5.32 Å². The van der Waals surface area contributed by atoms with Crippen LogP contribution in [0.4, 0.5) is 0 Å². The molecule has 1 aliphatic rings. The second kappa shape index (κ2) is 2.84. The van der Waals surface area contributed by atoms with Gasteiger partial charge >= 0.3 is 0 Å². The standard InChI is InChI=1S/C6H13NO3/c1-3-2-7-6(10)5(9)4(3)8/h3-10H,2H2,1H3/t3-,4-,5-,6+/m1/s1. The molecule has 10 heavy (non-hydrogen) atoms. The predicted molar refractivity (Wildman–Crippen MR) is 35.2 cm³/mol. The smallest absolute Gasteiger partial charge is 0.133 e. The van der Waals surface area contributed by atoms with Crippen LogP contribution >= 0.6 is 0 Å². The lowest BCUT2D eigenvalue weighted by atomic mass is 9.95. The summed E-state index contributed by atoms with van der Waals surface area (Å²) in [5.41, 5.74) is 0. The van der Waals surface area contributed by atoms with Gasteiger partial charge in [-0.2, -0.15) is 0 Å². The zero-order chi connectivity index (χ0) is 7.72. The van der Waals surface area contributed by atoms with Crippen LogP contribution in [0.2, 0.25) is 0 Å². The highest BCUT2D eigenvalue weighted by atomic mass is 16.4. The van der Waals surface area contributed by atoms with E-state index in [4.69, 9.17) is 15.3 Å². The van der Waals surface area contributed by atoms with Crippen LogP contribution in [-0.2, 0) is 0 Å². The summed E-state index contributed by atoms with van der Waals surface area (Å²) in [4.78, 5) is 0. The van der Waals surface area contributed by atoms with Crippen molar-refractivity contribution in [1.29, 1.82) is 0 Å². The average Bonchev–Trinajstić information content (AvgIpc) is 1.93. The van der Waals surface area contributed by atoms with Crippen molar-refractivity contribution in [1.82, 2.24) is 5.32 Å². The van der Waals surface area contributed by atoms with Crippen molar-refractivity contribution in [3.63, 3.8) is 0 Å². The molecule has 1 rings (SSSR count). The minimum absolute atomic E-state index is 0.00148. The molecule has 4 heteroatoms. The van der Waals surface area contributed by atoms with E-state index in [-0.39, 0.29) is 5.92 Å². The summed E-state index contributed by atoms with van der Waals surface area (Å²) in [5, 5.41) is 29.8. The highest BCUT2D eigenvalue weighted by Crippen LogP contribution is 2.13. The Kier molecular flexibility index (Phi) is 2.25. The molecular weight excluding hydrogens is 134 g/mol. The molecule has 0 unspecified atom stereocenters. The van der Waals surface area contributed by atoms with Gasteiger partial charge in [-0.25, -0.2) is 0 Å². The third-order valence-electron chi connectivity index (χ3n) is 1.91. The molecule has 4 nitrogen and oxygen atoms in total. The van der Waals surface area contributed by atoms with Crippen LogP contribution in [0.25, 0.3) is 0 Å². The van der Waals surface area contributed by atoms with E-state index in [0.717, 1.165) is 0 Å². The molecule has 4 atom stereocenters. The molecule has 0 aromatic rings. The Morgan fingerprint density at radius 3 is 2.30 bits per heavy atom. The molecule has 1 aliphatic heterocycles. The van der Waals surface area contributed by atoms with Crippen LogP contribution < -0.4 is 5.32 Å². The highest BCUT2D eigenvalue weighted by molar-refractivity contribution is 4.84. The van der Waals surface area contributed by atoms with Crippen molar-refractivity contribution in [2.75, 3.05) is 6.54 Å². The van der Waals surface area contributed by atoms with Crippen LogP contribution in [0.1, 0.15) is 6.92 Å². The summed E-state index contributed by atoms with van der Waals surface area (Å²) in [7, 11) is 0. The SMILES string of the molecule is C[C@@H]1CN[C@@H](O)[C@H](O)[C@@H]1O. The second-order valence-corrected chi connectivity index (χ2v) is 2.81. The molecular formula is C6H13NO3. The fraction of sp³-hybridized carbons (Fsp3) is 1.00. The zero-order valence-corrected chi connectivity index (χ0v) is 5.86. The lowest BCUT2D eigenvalue weighted by Crippen LogP contribution is -2.56. The predicted octanol–water partition coefficient (Wildman–Crippen LogP) is -1.73. The van der Waals surface area contributed by atoms with Crippen LogP contribution in [0.3, 0.4) is 0 Å². The van der Waals surface area contributed by atoms with Crippen molar-refractivity contribution in [3.05, 3.63) is 0 Å². The van der Waals surface area contributed by atoms with Gasteiger partial charge in [-0.1, -0.05) is 6.92 Å².